The van der Waals surface area contributed by atoms with Crippen LogP contribution in [0.2, 0.25) is 0 Å². The number of halogens is 1. The van der Waals surface area contributed by atoms with Gasteiger partial charge in [0.1, 0.15) is 0 Å². The maximum absolute atomic E-state index is 5.38. The Morgan fingerprint density at radius 3 is 2.32 bits per heavy atom. The zero-order chi connectivity index (χ0) is 15.9. The van der Waals surface area contributed by atoms with E-state index in [0.29, 0.717) is 0 Å². The van der Waals surface area contributed by atoms with Gasteiger partial charge in [0.05, 0.1) is 14.2 Å². The maximum Gasteiger partial charge on any atom is 0.161 e. The fraction of sp³-hybridized carbons (Fsp3) is 0.333. The minimum Gasteiger partial charge on any atom is -0.493 e. The first kappa shape index (κ1) is 16.8. The van der Waals surface area contributed by atoms with Gasteiger partial charge in [0.2, 0.25) is 0 Å². The average Bonchev–Trinajstić information content (AvgIpc) is 2.56. The highest BCUT2D eigenvalue weighted by Crippen LogP contribution is 2.28. The molecule has 0 aromatic heterocycles. The minimum atomic E-state index is 0.764. The Balaban J connectivity index is 2.12. The molecule has 0 unspecified atom stereocenters. The molecule has 0 bridgehead atoms. The summed E-state index contributed by atoms with van der Waals surface area (Å²) in [5, 5.41) is 0. The number of hydrogen-bond acceptors (Lipinski definition) is 3. The molecule has 2 rings (SSSR count). The molecule has 0 amide bonds. The summed E-state index contributed by atoms with van der Waals surface area (Å²) in [5.41, 5.74) is 2.51. The van der Waals surface area contributed by atoms with Crippen LogP contribution in [0.3, 0.4) is 0 Å². The first-order chi connectivity index (χ1) is 10.7. The van der Waals surface area contributed by atoms with Crippen molar-refractivity contribution in [3.8, 4) is 11.5 Å². The molecule has 22 heavy (non-hydrogen) atoms. The van der Waals surface area contributed by atoms with Crippen molar-refractivity contribution in [2.75, 3.05) is 20.8 Å². The summed E-state index contributed by atoms with van der Waals surface area (Å²) < 4.78 is 11.8. The van der Waals surface area contributed by atoms with Crippen LogP contribution in [-0.4, -0.2) is 25.7 Å². The quantitative estimate of drug-likeness (QED) is 0.723. The largest absolute Gasteiger partial charge is 0.493 e. The number of rotatable bonds is 7. The van der Waals surface area contributed by atoms with Crippen molar-refractivity contribution >= 4 is 15.9 Å². The lowest BCUT2D eigenvalue weighted by Gasteiger charge is -2.22. The first-order valence-corrected chi connectivity index (χ1v) is 8.14. The van der Waals surface area contributed by atoms with Gasteiger partial charge in [0.15, 0.2) is 11.5 Å². The summed E-state index contributed by atoms with van der Waals surface area (Å²) in [6.45, 7) is 4.94. The van der Waals surface area contributed by atoms with E-state index in [0.717, 1.165) is 35.6 Å². The van der Waals surface area contributed by atoms with E-state index in [1.807, 2.05) is 18.2 Å². The molecule has 0 N–H and O–H groups in total. The third kappa shape index (κ3) is 4.24. The third-order valence-electron chi connectivity index (χ3n) is 3.65. The van der Waals surface area contributed by atoms with Crippen LogP contribution in [0.25, 0.3) is 0 Å². The monoisotopic (exact) mass is 363 g/mol. The van der Waals surface area contributed by atoms with Gasteiger partial charge in [-0.3, -0.25) is 4.90 Å². The highest BCUT2D eigenvalue weighted by molar-refractivity contribution is 9.10. The van der Waals surface area contributed by atoms with Crippen LogP contribution >= 0.6 is 15.9 Å². The predicted octanol–water partition coefficient (Wildman–Crippen LogP) is 4.49. The number of methoxy groups -OCH3 is 2. The minimum absolute atomic E-state index is 0.764. The zero-order valence-corrected chi connectivity index (χ0v) is 14.9. The Kier molecular flexibility index (Phi) is 6.28. The summed E-state index contributed by atoms with van der Waals surface area (Å²) in [7, 11) is 3.32. The summed E-state index contributed by atoms with van der Waals surface area (Å²) in [4.78, 5) is 2.39. The van der Waals surface area contributed by atoms with Crippen LogP contribution in [0.1, 0.15) is 18.1 Å². The molecular formula is C18H22BrNO2. The Morgan fingerprint density at radius 2 is 1.68 bits per heavy atom. The molecule has 3 nitrogen and oxygen atoms in total. The molecule has 0 radical (unpaired) electrons. The second-order valence-corrected chi connectivity index (χ2v) is 5.94. The van der Waals surface area contributed by atoms with Crippen molar-refractivity contribution in [2.24, 2.45) is 0 Å². The standard InChI is InChI=1S/C18H22BrNO2/c1-4-20(13-15-7-5-6-8-16(15)19)12-14-9-10-17(21-2)18(11-14)22-3/h5-11H,4,12-13H2,1-3H3. The average molecular weight is 364 g/mol. The van der Waals surface area contributed by atoms with E-state index in [4.69, 9.17) is 9.47 Å². The molecule has 2 aromatic carbocycles. The van der Waals surface area contributed by atoms with Gasteiger partial charge in [-0.1, -0.05) is 47.1 Å². The molecule has 0 aliphatic heterocycles. The second-order valence-electron chi connectivity index (χ2n) is 5.08. The van der Waals surface area contributed by atoms with Crippen LogP contribution in [0.15, 0.2) is 46.9 Å². The van der Waals surface area contributed by atoms with Crippen molar-refractivity contribution in [1.82, 2.24) is 4.90 Å². The van der Waals surface area contributed by atoms with Gasteiger partial charge >= 0.3 is 0 Å². The van der Waals surface area contributed by atoms with Gasteiger partial charge in [-0.2, -0.15) is 0 Å². The van der Waals surface area contributed by atoms with Crippen molar-refractivity contribution < 1.29 is 9.47 Å². The molecule has 0 saturated heterocycles. The molecular weight excluding hydrogens is 342 g/mol. The molecule has 0 saturated carbocycles. The molecule has 4 heteroatoms. The highest BCUT2D eigenvalue weighted by atomic mass is 79.9. The first-order valence-electron chi connectivity index (χ1n) is 7.34. The summed E-state index contributed by atoms with van der Waals surface area (Å²) in [6.07, 6.45) is 0. The normalized spacial score (nSPS) is 10.8. The SMILES string of the molecule is CCN(Cc1ccc(OC)c(OC)c1)Cc1ccccc1Br. The Bertz CT molecular complexity index is 616. The van der Waals surface area contributed by atoms with E-state index in [1.54, 1.807) is 14.2 Å². The Hall–Kier alpha value is -1.52. The number of ether oxygens (including phenoxy) is 2. The molecule has 0 heterocycles. The smallest absolute Gasteiger partial charge is 0.161 e. The van der Waals surface area contributed by atoms with E-state index in [-0.39, 0.29) is 0 Å². The Labute approximate surface area is 141 Å². The fourth-order valence-electron chi connectivity index (χ4n) is 2.38. The lowest BCUT2D eigenvalue weighted by atomic mass is 10.1. The van der Waals surface area contributed by atoms with Gasteiger partial charge in [-0.15, -0.1) is 0 Å². The predicted molar refractivity (Wildman–Crippen MR) is 93.5 cm³/mol. The van der Waals surface area contributed by atoms with Gasteiger partial charge < -0.3 is 9.47 Å². The van der Waals surface area contributed by atoms with Crippen molar-refractivity contribution in [3.63, 3.8) is 0 Å². The number of nitrogens with zero attached hydrogens (tertiary/aromatic N) is 1. The summed E-state index contributed by atoms with van der Waals surface area (Å²) in [6, 6.07) is 14.4. The maximum atomic E-state index is 5.38. The third-order valence-corrected chi connectivity index (χ3v) is 4.43. The van der Waals surface area contributed by atoms with Crippen LogP contribution in [-0.2, 0) is 13.1 Å². The van der Waals surface area contributed by atoms with Crippen molar-refractivity contribution in [2.45, 2.75) is 20.0 Å². The second kappa shape index (κ2) is 8.20. The van der Waals surface area contributed by atoms with E-state index < -0.39 is 0 Å². The molecule has 0 atom stereocenters. The van der Waals surface area contributed by atoms with Crippen LogP contribution in [0.5, 0.6) is 11.5 Å². The van der Waals surface area contributed by atoms with E-state index in [1.165, 1.54) is 11.1 Å². The lowest BCUT2D eigenvalue weighted by Crippen LogP contribution is -2.22. The van der Waals surface area contributed by atoms with Crippen LogP contribution in [0, 0.1) is 0 Å². The molecule has 0 spiro atoms. The Morgan fingerprint density at radius 1 is 0.955 bits per heavy atom. The topological polar surface area (TPSA) is 21.7 Å². The summed E-state index contributed by atoms with van der Waals surface area (Å²) >= 11 is 3.62. The van der Waals surface area contributed by atoms with Crippen LogP contribution < -0.4 is 9.47 Å². The van der Waals surface area contributed by atoms with Gasteiger partial charge in [0.25, 0.3) is 0 Å². The molecule has 2 aromatic rings. The number of hydrogen-bond donors (Lipinski definition) is 0. The van der Waals surface area contributed by atoms with Crippen molar-refractivity contribution in [3.05, 3.63) is 58.1 Å². The van der Waals surface area contributed by atoms with E-state index in [9.17, 15) is 0 Å². The number of benzene rings is 2. The van der Waals surface area contributed by atoms with Gasteiger partial charge in [-0.05, 0) is 35.9 Å². The van der Waals surface area contributed by atoms with E-state index >= 15 is 0 Å². The summed E-state index contributed by atoms with van der Waals surface area (Å²) in [5.74, 6) is 1.54. The van der Waals surface area contributed by atoms with Crippen molar-refractivity contribution in [1.29, 1.82) is 0 Å². The molecule has 0 fully saturated rings. The molecule has 118 valence electrons. The van der Waals surface area contributed by atoms with Crippen LogP contribution in [0.4, 0.5) is 0 Å². The highest BCUT2D eigenvalue weighted by Gasteiger charge is 2.10. The molecule has 0 aliphatic rings. The van der Waals surface area contributed by atoms with Gasteiger partial charge in [-0.25, -0.2) is 0 Å². The van der Waals surface area contributed by atoms with Gasteiger partial charge in [0, 0.05) is 17.6 Å². The lowest BCUT2D eigenvalue weighted by molar-refractivity contribution is 0.270. The van der Waals surface area contributed by atoms with E-state index in [2.05, 4.69) is 52.0 Å². The fourth-order valence-corrected chi connectivity index (χ4v) is 2.79. The molecule has 0 aliphatic carbocycles. The zero-order valence-electron chi connectivity index (χ0n) is 13.3.